The largest absolute Gasteiger partial charge is 0.365 e. The van der Waals surface area contributed by atoms with Gasteiger partial charge in [0.2, 0.25) is 0 Å². The van der Waals surface area contributed by atoms with E-state index >= 15 is 0 Å². The Kier molecular flexibility index (Phi) is 3.43. The van der Waals surface area contributed by atoms with Gasteiger partial charge in [0, 0.05) is 6.20 Å². The fourth-order valence-corrected chi connectivity index (χ4v) is 1.60. The third-order valence-corrected chi connectivity index (χ3v) is 2.49. The molecule has 4 nitrogen and oxygen atoms in total. The van der Waals surface area contributed by atoms with Crippen molar-refractivity contribution in [2.45, 2.75) is 0 Å². The molecule has 3 N–H and O–H groups in total. The summed E-state index contributed by atoms with van der Waals surface area (Å²) in [5, 5.41) is 2.94. The maximum absolute atomic E-state index is 13.5. The third kappa shape index (κ3) is 2.57. The summed E-state index contributed by atoms with van der Waals surface area (Å²) in [5.74, 6) is -1.11. The van der Waals surface area contributed by atoms with Crippen molar-refractivity contribution in [3.63, 3.8) is 0 Å². The van der Waals surface area contributed by atoms with Crippen LogP contribution in [0.1, 0.15) is 10.4 Å². The second-order valence-corrected chi connectivity index (χ2v) is 3.91. The number of pyridine rings is 1. The lowest BCUT2D eigenvalue weighted by atomic mass is 10.2. The number of halogens is 2. The number of carbonyl (C=O) groups is 1. The van der Waals surface area contributed by atoms with E-state index in [-0.39, 0.29) is 16.4 Å². The van der Waals surface area contributed by atoms with Gasteiger partial charge in [0.15, 0.2) is 0 Å². The van der Waals surface area contributed by atoms with E-state index in [4.69, 9.17) is 17.3 Å². The van der Waals surface area contributed by atoms with Crippen LogP contribution in [-0.4, -0.2) is 10.9 Å². The Morgan fingerprint density at radius 3 is 2.72 bits per heavy atom. The zero-order chi connectivity index (χ0) is 13.1. The molecule has 0 radical (unpaired) electrons. The van der Waals surface area contributed by atoms with Gasteiger partial charge in [-0.3, -0.25) is 4.79 Å². The molecule has 2 aromatic rings. The summed E-state index contributed by atoms with van der Waals surface area (Å²) in [5.41, 5.74) is 5.88. The van der Waals surface area contributed by atoms with Gasteiger partial charge in [-0.15, -0.1) is 0 Å². The lowest BCUT2D eigenvalue weighted by Crippen LogP contribution is -2.14. The standard InChI is InChI=1S/C12H9ClFN3O/c13-11-5-10(7(6-16-11)12(15)18)17-9-4-2-1-3-8(9)14/h1-6H,(H2,15,18)(H,16,17). The molecule has 0 bridgehead atoms. The molecule has 0 unspecified atom stereocenters. The number of amides is 1. The minimum absolute atomic E-state index is 0.141. The SMILES string of the molecule is NC(=O)c1cnc(Cl)cc1Nc1ccccc1F. The van der Waals surface area contributed by atoms with Gasteiger partial charge in [0.1, 0.15) is 11.0 Å². The number of anilines is 2. The van der Waals surface area contributed by atoms with Crippen LogP contribution in [0.5, 0.6) is 0 Å². The minimum Gasteiger partial charge on any atom is -0.365 e. The summed E-state index contributed by atoms with van der Waals surface area (Å²) < 4.78 is 13.5. The number of primary amides is 1. The molecule has 18 heavy (non-hydrogen) atoms. The summed E-state index contributed by atoms with van der Waals surface area (Å²) in [6, 6.07) is 7.48. The summed E-state index contributed by atoms with van der Waals surface area (Å²) in [7, 11) is 0. The van der Waals surface area contributed by atoms with Crippen LogP contribution >= 0.6 is 11.6 Å². The van der Waals surface area contributed by atoms with Crippen molar-refractivity contribution >= 4 is 28.9 Å². The lowest BCUT2D eigenvalue weighted by Gasteiger charge is -2.10. The van der Waals surface area contributed by atoms with Crippen LogP contribution in [0.4, 0.5) is 15.8 Å². The van der Waals surface area contributed by atoms with Gasteiger partial charge < -0.3 is 11.1 Å². The highest BCUT2D eigenvalue weighted by atomic mass is 35.5. The second-order valence-electron chi connectivity index (χ2n) is 3.52. The summed E-state index contributed by atoms with van der Waals surface area (Å²) in [4.78, 5) is 15.0. The van der Waals surface area contributed by atoms with E-state index in [2.05, 4.69) is 10.3 Å². The molecule has 0 saturated carbocycles. The Bertz CT molecular complexity index is 604. The van der Waals surface area contributed by atoms with Gasteiger partial charge in [-0.05, 0) is 18.2 Å². The van der Waals surface area contributed by atoms with Crippen molar-refractivity contribution in [2.75, 3.05) is 5.32 Å². The maximum Gasteiger partial charge on any atom is 0.252 e. The van der Waals surface area contributed by atoms with E-state index in [0.29, 0.717) is 5.69 Å². The van der Waals surface area contributed by atoms with Gasteiger partial charge in [-0.25, -0.2) is 9.37 Å². The number of nitrogens with zero attached hydrogens (tertiary/aromatic N) is 1. The first-order chi connectivity index (χ1) is 8.58. The van der Waals surface area contributed by atoms with E-state index in [9.17, 15) is 9.18 Å². The first-order valence-electron chi connectivity index (χ1n) is 5.05. The molecular formula is C12H9ClFN3O. The van der Waals surface area contributed by atoms with Crippen molar-refractivity contribution in [3.05, 3.63) is 53.1 Å². The topological polar surface area (TPSA) is 68.0 Å². The fourth-order valence-electron chi connectivity index (χ4n) is 1.44. The highest BCUT2D eigenvalue weighted by molar-refractivity contribution is 6.29. The molecule has 0 fully saturated rings. The normalized spacial score (nSPS) is 10.1. The fraction of sp³-hybridized carbons (Fsp3) is 0. The summed E-state index contributed by atoms with van der Waals surface area (Å²) in [6.45, 7) is 0. The molecule has 2 rings (SSSR count). The van der Waals surface area contributed by atoms with Crippen LogP contribution in [0.15, 0.2) is 36.5 Å². The Hall–Kier alpha value is -2.14. The number of hydrogen-bond donors (Lipinski definition) is 2. The zero-order valence-electron chi connectivity index (χ0n) is 9.15. The molecule has 0 aliphatic carbocycles. The zero-order valence-corrected chi connectivity index (χ0v) is 9.91. The Labute approximate surface area is 108 Å². The van der Waals surface area contributed by atoms with E-state index < -0.39 is 11.7 Å². The quantitative estimate of drug-likeness (QED) is 0.839. The highest BCUT2D eigenvalue weighted by Crippen LogP contribution is 2.24. The number of carbonyl (C=O) groups excluding carboxylic acids is 1. The Balaban J connectivity index is 2.42. The number of hydrogen-bond acceptors (Lipinski definition) is 3. The van der Waals surface area contributed by atoms with Gasteiger partial charge in [0.05, 0.1) is 16.9 Å². The van der Waals surface area contributed by atoms with E-state index in [1.54, 1.807) is 12.1 Å². The number of rotatable bonds is 3. The first kappa shape index (κ1) is 12.3. The monoisotopic (exact) mass is 265 g/mol. The van der Waals surface area contributed by atoms with Crippen LogP contribution in [0.25, 0.3) is 0 Å². The molecule has 0 atom stereocenters. The summed E-state index contributed by atoms with van der Waals surface area (Å²) in [6.07, 6.45) is 1.24. The van der Waals surface area contributed by atoms with Crippen molar-refractivity contribution in [1.29, 1.82) is 0 Å². The van der Waals surface area contributed by atoms with Crippen molar-refractivity contribution in [1.82, 2.24) is 4.98 Å². The molecule has 0 spiro atoms. The molecule has 92 valence electrons. The lowest BCUT2D eigenvalue weighted by molar-refractivity contribution is 0.100. The van der Waals surface area contributed by atoms with Gasteiger partial charge in [-0.2, -0.15) is 0 Å². The van der Waals surface area contributed by atoms with Crippen LogP contribution in [0.2, 0.25) is 5.15 Å². The maximum atomic E-state index is 13.5. The van der Waals surface area contributed by atoms with Crippen LogP contribution in [0.3, 0.4) is 0 Å². The van der Waals surface area contributed by atoms with E-state index in [0.717, 1.165) is 0 Å². The van der Waals surface area contributed by atoms with Crippen LogP contribution in [-0.2, 0) is 0 Å². The number of benzene rings is 1. The molecule has 6 heteroatoms. The van der Waals surface area contributed by atoms with Gasteiger partial charge in [0.25, 0.3) is 5.91 Å². The van der Waals surface area contributed by atoms with Crippen molar-refractivity contribution in [2.24, 2.45) is 5.73 Å². The minimum atomic E-state index is -0.669. The number of aromatic nitrogens is 1. The predicted octanol–water partition coefficient (Wildman–Crippen LogP) is 2.72. The molecular weight excluding hydrogens is 257 g/mol. The Morgan fingerprint density at radius 2 is 2.06 bits per heavy atom. The molecule has 1 aromatic heterocycles. The Morgan fingerprint density at radius 1 is 1.33 bits per heavy atom. The van der Waals surface area contributed by atoms with Gasteiger partial charge in [-0.1, -0.05) is 23.7 Å². The molecule has 1 heterocycles. The number of nitrogens with two attached hydrogens (primary N) is 1. The molecule has 1 amide bonds. The smallest absolute Gasteiger partial charge is 0.252 e. The van der Waals surface area contributed by atoms with Crippen molar-refractivity contribution in [3.8, 4) is 0 Å². The van der Waals surface area contributed by atoms with E-state index in [1.807, 2.05) is 0 Å². The van der Waals surface area contributed by atoms with Crippen LogP contribution in [0, 0.1) is 5.82 Å². The summed E-state index contributed by atoms with van der Waals surface area (Å²) >= 11 is 5.73. The highest BCUT2D eigenvalue weighted by Gasteiger charge is 2.11. The molecule has 0 saturated heterocycles. The third-order valence-electron chi connectivity index (χ3n) is 2.28. The van der Waals surface area contributed by atoms with Crippen LogP contribution < -0.4 is 11.1 Å². The average Bonchev–Trinajstić information content (AvgIpc) is 2.32. The molecule has 0 aliphatic heterocycles. The second kappa shape index (κ2) is 5.01. The number of para-hydroxylation sites is 1. The van der Waals surface area contributed by atoms with Crippen molar-refractivity contribution < 1.29 is 9.18 Å². The average molecular weight is 266 g/mol. The van der Waals surface area contributed by atoms with Gasteiger partial charge >= 0.3 is 0 Å². The molecule has 1 aromatic carbocycles. The van der Waals surface area contributed by atoms with E-state index in [1.165, 1.54) is 24.4 Å². The first-order valence-corrected chi connectivity index (χ1v) is 5.42. The number of nitrogens with one attached hydrogen (secondary N) is 1. The molecule has 0 aliphatic rings. The predicted molar refractivity (Wildman–Crippen MR) is 67.4 cm³/mol.